The van der Waals surface area contributed by atoms with Gasteiger partial charge in [-0.1, -0.05) is 30.7 Å². The van der Waals surface area contributed by atoms with Gasteiger partial charge in [-0.25, -0.2) is 0 Å². The van der Waals surface area contributed by atoms with Crippen molar-refractivity contribution >= 4 is 17.6 Å². The second kappa shape index (κ2) is 8.82. The van der Waals surface area contributed by atoms with Crippen LogP contribution in [0.2, 0.25) is 5.02 Å². The van der Waals surface area contributed by atoms with Gasteiger partial charge in [-0.05, 0) is 37.5 Å². The lowest BCUT2D eigenvalue weighted by molar-refractivity contribution is 0.241. The van der Waals surface area contributed by atoms with E-state index in [1.165, 1.54) is 0 Å². The van der Waals surface area contributed by atoms with Crippen LogP contribution in [-0.4, -0.2) is 30.8 Å². The monoisotopic (exact) mass is 297 g/mol. The fraction of sp³-hybridized carbons (Fsp3) is 0.533. The smallest absolute Gasteiger partial charge is 0.191 e. The Labute approximate surface area is 126 Å². The molecule has 0 saturated carbocycles. The lowest BCUT2D eigenvalue weighted by atomic mass is 10.1. The number of nitrogens with one attached hydrogen (secondary N) is 2. The summed E-state index contributed by atoms with van der Waals surface area (Å²) in [5.41, 5.74) is 1.15. The molecule has 0 amide bonds. The van der Waals surface area contributed by atoms with Crippen molar-refractivity contribution in [2.75, 3.05) is 19.7 Å². The number of nitrogens with zero attached hydrogens (tertiary/aromatic N) is 1. The molecule has 5 heteroatoms. The van der Waals surface area contributed by atoms with Gasteiger partial charge in [0.2, 0.25) is 0 Å². The van der Waals surface area contributed by atoms with Crippen molar-refractivity contribution in [2.24, 2.45) is 10.9 Å². The highest BCUT2D eigenvalue weighted by molar-refractivity contribution is 6.30. The third kappa shape index (κ3) is 5.80. The minimum atomic E-state index is 0.134. The summed E-state index contributed by atoms with van der Waals surface area (Å²) in [6, 6.07) is 7.90. The fourth-order valence-electron chi connectivity index (χ4n) is 1.66. The van der Waals surface area contributed by atoms with Gasteiger partial charge in [-0.3, -0.25) is 4.99 Å². The van der Waals surface area contributed by atoms with Crippen molar-refractivity contribution in [2.45, 2.75) is 26.8 Å². The predicted octanol–water partition coefficient (Wildman–Crippen LogP) is 2.58. The van der Waals surface area contributed by atoms with Gasteiger partial charge >= 0.3 is 0 Å². The molecule has 0 spiro atoms. The van der Waals surface area contributed by atoms with Gasteiger partial charge in [0.25, 0.3) is 0 Å². The number of aliphatic hydroxyl groups excluding tert-OH is 1. The number of aliphatic hydroxyl groups is 1. The minimum Gasteiger partial charge on any atom is -0.396 e. The van der Waals surface area contributed by atoms with Gasteiger partial charge < -0.3 is 15.7 Å². The molecule has 0 aromatic heterocycles. The molecule has 0 radical (unpaired) electrons. The largest absolute Gasteiger partial charge is 0.396 e. The zero-order chi connectivity index (χ0) is 15.0. The van der Waals surface area contributed by atoms with Crippen LogP contribution in [0.25, 0.3) is 0 Å². The van der Waals surface area contributed by atoms with Gasteiger partial charge in [0, 0.05) is 24.7 Å². The Morgan fingerprint density at radius 2 is 1.95 bits per heavy atom. The summed E-state index contributed by atoms with van der Waals surface area (Å²) < 4.78 is 0. The maximum atomic E-state index is 9.04. The molecular weight excluding hydrogens is 274 g/mol. The SMILES string of the molecule is CCNC(=NCC(C)CO)NC(C)c1ccc(Cl)cc1. The van der Waals surface area contributed by atoms with E-state index in [4.69, 9.17) is 16.7 Å². The van der Waals surface area contributed by atoms with Crippen LogP contribution in [0.15, 0.2) is 29.3 Å². The molecule has 0 bridgehead atoms. The van der Waals surface area contributed by atoms with Crippen molar-refractivity contribution < 1.29 is 5.11 Å². The third-order valence-electron chi connectivity index (χ3n) is 2.94. The molecule has 112 valence electrons. The van der Waals surface area contributed by atoms with Crippen molar-refractivity contribution in [1.82, 2.24) is 10.6 Å². The zero-order valence-electron chi connectivity index (χ0n) is 12.4. The maximum absolute atomic E-state index is 9.04. The van der Waals surface area contributed by atoms with Crippen LogP contribution in [-0.2, 0) is 0 Å². The summed E-state index contributed by atoms with van der Waals surface area (Å²) >= 11 is 5.89. The number of guanidine groups is 1. The molecule has 1 rings (SSSR count). The highest BCUT2D eigenvalue weighted by Gasteiger charge is 2.08. The first-order valence-electron chi connectivity index (χ1n) is 6.98. The number of hydrogen-bond donors (Lipinski definition) is 3. The van der Waals surface area contributed by atoms with Gasteiger partial charge in [0.05, 0.1) is 6.04 Å². The molecule has 1 aromatic rings. The molecule has 2 atom stereocenters. The van der Waals surface area contributed by atoms with E-state index in [2.05, 4.69) is 22.5 Å². The topological polar surface area (TPSA) is 56.7 Å². The Kier molecular flexibility index (Phi) is 7.41. The van der Waals surface area contributed by atoms with Gasteiger partial charge in [0.1, 0.15) is 0 Å². The lowest BCUT2D eigenvalue weighted by Gasteiger charge is -2.18. The Morgan fingerprint density at radius 3 is 2.50 bits per heavy atom. The van der Waals surface area contributed by atoms with Crippen LogP contribution in [0, 0.1) is 5.92 Å². The van der Waals surface area contributed by atoms with Crippen LogP contribution in [0.4, 0.5) is 0 Å². The molecule has 0 fully saturated rings. The van der Waals surface area contributed by atoms with Crippen LogP contribution in [0.3, 0.4) is 0 Å². The van der Waals surface area contributed by atoms with Crippen molar-refractivity contribution in [1.29, 1.82) is 0 Å². The molecule has 0 heterocycles. The number of benzene rings is 1. The highest BCUT2D eigenvalue weighted by Crippen LogP contribution is 2.15. The quantitative estimate of drug-likeness (QED) is 0.559. The summed E-state index contributed by atoms with van der Waals surface area (Å²) in [5, 5.41) is 16.3. The minimum absolute atomic E-state index is 0.134. The molecule has 4 nitrogen and oxygen atoms in total. The van der Waals surface area contributed by atoms with E-state index in [9.17, 15) is 0 Å². The van der Waals surface area contributed by atoms with Crippen molar-refractivity contribution in [3.8, 4) is 0 Å². The van der Waals surface area contributed by atoms with Gasteiger partial charge in [-0.15, -0.1) is 0 Å². The molecule has 2 unspecified atom stereocenters. The second-order valence-electron chi connectivity index (χ2n) is 4.92. The molecule has 0 saturated heterocycles. The summed E-state index contributed by atoms with van der Waals surface area (Å²) in [6.07, 6.45) is 0. The van der Waals surface area contributed by atoms with Crippen LogP contribution in [0.1, 0.15) is 32.4 Å². The molecule has 0 aliphatic heterocycles. The molecule has 3 N–H and O–H groups in total. The van der Waals surface area contributed by atoms with Crippen LogP contribution < -0.4 is 10.6 Å². The Morgan fingerprint density at radius 1 is 1.30 bits per heavy atom. The Hall–Kier alpha value is -1.26. The van der Waals surface area contributed by atoms with Crippen LogP contribution >= 0.6 is 11.6 Å². The van der Waals surface area contributed by atoms with Gasteiger partial charge in [0.15, 0.2) is 5.96 Å². The molecule has 20 heavy (non-hydrogen) atoms. The lowest BCUT2D eigenvalue weighted by Crippen LogP contribution is -2.39. The first-order valence-corrected chi connectivity index (χ1v) is 7.35. The number of halogens is 1. The summed E-state index contributed by atoms with van der Waals surface area (Å²) in [5.74, 6) is 0.923. The number of aliphatic imine (C=N–C) groups is 1. The van der Waals surface area contributed by atoms with E-state index in [1.807, 2.05) is 38.1 Å². The maximum Gasteiger partial charge on any atom is 0.191 e. The van der Waals surface area contributed by atoms with Crippen LogP contribution in [0.5, 0.6) is 0 Å². The van der Waals surface area contributed by atoms with E-state index in [1.54, 1.807) is 0 Å². The first kappa shape index (κ1) is 16.8. The molecular formula is C15H24ClN3O. The Balaban J connectivity index is 2.66. The summed E-state index contributed by atoms with van der Waals surface area (Å²) in [4.78, 5) is 4.48. The van der Waals surface area contributed by atoms with Gasteiger partial charge in [-0.2, -0.15) is 0 Å². The average Bonchev–Trinajstić information content (AvgIpc) is 2.45. The second-order valence-corrected chi connectivity index (χ2v) is 5.36. The predicted molar refractivity (Wildman–Crippen MR) is 85.2 cm³/mol. The molecule has 0 aliphatic rings. The van der Waals surface area contributed by atoms with E-state index >= 15 is 0 Å². The van der Waals surface area contributed by atoms with E-state index in [-0.39, 0.29) is 18.6 Å². The zero-order valence-corrected chi connectivity index (χ0v) is 13.1. The number of hydrogen-bond acceptors (Lipinski definition) is 2. The number of rotatable bonds is 6. The summed E-state index contributed by atoms with van der Waals surface area (Å²) in [7, 11) is 0. The van der Waals surface area contributed by atoms with Crippen molar-refractivity contribution in [3.05, 3.63) is 34.9 Å². The molecule has 0 aliphatic carbocycles. The average molecular weight is 298 g/mol. The Bertz CT molecular complexity index is 420. The fourth-order valence-corrected chi connectivity index (χ4v) is 1.79. The van der Waals surface area contributed by atoms with E-state index in [0.717, 1.165) is 23.1 Å². The third-order valence-corrected chi connectivity index (χ3v) is 3.19. The highest BCUT2D eigenvalue weighted by atomic mass is 35.5. The van der Waals surface area contributed by atoms with E-state index in [0.29, 0.717) is 6.54 Å². The van der Waals surface area contributed by atoms with Crippen molar-refractivity contribution in [3.63, 3.8) is 0 Å². The summed E-state index contributed by atoms with van der Waals surface area (Å²) in [6.45, 7) is 7.61. The normalized spacial score (nSPS) is 14.8. The standard InChI is InChI=1S/C15H24ClN3O/c1-4-17-15(18-9-11(2)10-20)19-12(3)13-5-7-14(16)8-6-13/h5-8,11-12,20H,4,9-10H2,1-3H3,(H2,17,18,19). The first-order chi connectivity index (χ1) is 9.56. The van der Waals surface area contributed by atoms with E-state index < -0.39 is 0 Å². The molecule has 1 aromatic carbocycles.